The molecule has 0 saturated carbocycles. The highest BCUT2D eigenvalue weighted by atomic mass is 79.9. The van der Waals surface area contributed by atoms with Crippen molar-refractivity contribution in [2.75, 3.05) is 12.9 Å². The van der Waals surface area contributed by atoms with Crippen molar-refractivity contribution in [1.29, 1.82) is 0 Å². The molecule has 2 aromatic carbocycles. The van der Waals surface area contributed by atoms with Crippen molar-refractivity contribution in [1.82, 2.24) is 4.57 Å². The van der Waals surface area contributed by atoms with Crippen LogP contribution in [0, 0.1) is 13.8 Å². The van der Waals surface area contributed by atoms with Crippen LogP contribution in [0.1, 0.15) is 32.1 Å². The molecule has 0 N–H and O–H groups in total. The number of carbonyl (C=O) groups excluding carboxylic acids is 2. The van der Waals surface area contributed by atoms with Gasteiger partial charge < -0.3 is 9.30 Å². The molecule has 0 aliphatic carbocycles. The average molecular weight is 490 g/mol. The van der Waals surface area contributed by atoms with Gasteiger partial charge in [0, 0.05) is 33.4 Å². The number of aryl methyl sites for hydroxylation is 1. The lowest BCUT2D eigenvalue weighted by Crippen LogP contribution is -2.17. The summed E-state index contributed by atoms with van der Waals surface area (Å²) in [5.74, 6) is -1.22. The van der Waals surface area contributed by atoms with E-state index in [2.05, 4.69) is 15.9 Å². The number of sulfone groups is 1. The van der Waals surface area contributed by atoms with E-state index in [0.29, 0.717) is 5.56 Å². The first-order valence-corrected chi connectivity index (χ1v) is 11.7. The average Bonchev–Trinajstić information content (AvgIpc) is 2.99. The first kappa shape index (κ1) is 22.0. The highest BCUT2D eigenvalue weighted by Gasteiger charge is 2.22. The molecule has 0 bridgehead atoms. The predicted molar refractivity (Wildman–Crippen MR) is 117 cm³/mol. The lowest BCUT2D eigenvalue weighted by Gasteiger charge is -2.11. The molecule has 8 heteroatoms. The zero-order chi connectivity index (χ0) is 22.1. The number of halogens is 1. The van der Waals surface area contributed by atoms with Crippen molar-refractivity contribution in [3.8, 4) is 5.69 Å². The van der Waals surface area contributed by atoms with Crippen molar-refractivity contribution in [2.45, 2.75) is 18.7 Å². The summed E-state index contributed by atoms with van der Waals surface area (Å²) in [5, 5.41) is 0. The van der Waals surface area contributed by atoms with Gasteiger partial charge in [-0.3, -0.25) is 4.79 Å². The lowest BCUT2D eigenvalue weighted by molar-refractivity contribution is 0.0471. The molecule has 3 rings (SSSR count). The molecule has 6 nitrogen and oxygen atoms in total. The van der Waals surface area contributed by atoms with E-state index in [-0.39, 0.29) is 16.2 Å². The van der Waals surface area contributed by atoms with Crippen LogP contribution in [-0.4, -0.2) is 37.6 Å². The SMILES string of the molecule is Cc1cc(C(=O)COC(=O)c2ccccc2S(C)(=O)=O)c(C)n1-c1cccc(Br)c1. The van der Waals surface area contributed by atoms with E-state index in [4.69, 9.17) is 4.74 Å². The normalized spacial score (nSPS) is 11.3. The van der Waals surface area contributed by atoms with Gasteiger partial charge in [0.15, 0.2) is 16.4 Å². The number of ether oxygens (including phenoxy) is 1. The molecule has 0 amide bonds. The minimum atomic E-state index is -3.61. The van der Waals surface area contributed by atoms with Gasteiger partial charge in [0.1, 0.15) is 0 Å². The monoisotopic (exact) mass is 489 g/mol. The van der Waals surface area contributed by atoms with E-state index in [1.54, 1.807) is 12.1 Å². The molecule has 0 fully saturated rings. The van der Waals surface area contributed by atoms with Gasteiger partial charge in [-0.05, 0) is 50.2 Å². The van der Waals surface area contributed by atoms with Gasteiger partial charge in [0.05, 0.1) is 10.5 Å². The molecule has 0 radical (unpaired) electrons. The van der Waals surface area contributed by atoms with Crippen molar-refractivity contribution in [3.63, 3.8) is 0 Å². The van der Waals surface area contributed by atoms with Gasteiger partial charge in [-0.25, -0.2) is 13.2 Å². The van der Waals surface area contributed by atoms with Crippen LogP contribution in [0.25, 0.3) is 5.69 Å². The van der Waals surface area contributed by atoms with E-state index in [9.17, 15) is 18.0 Å². The number of carbonyl (C=O) groups is 2. The molecule has 30 heavy (non-hydrogen) atoms. The number of Topliss-reactive ketones (excluding diaryl/α,β-unsaturated/α-hetero) is 1. The second-order valence-electron chi connectivity index (χ2n) is 6.87. The minimum Gasteiger partial charge on any atom is -0.454 e. The Labute approximate surface area is 183 Å². The Morgan fingerprint density at radius 1 is 1.00 bits per heavy atom. The number of hydrogen-bond acceptors (Lipinski definition) is 5. The number of esters is 1. The van der Waals surface area contributed by atoms with Gasteiger partial charge in [0.25, 0.3) is 0 Å². The Hall–Kier alpha value is -2.71. The summed E-state index contributed by atoms with van der Waals surface area (Å²) in [4.78, 5) is 25.0. The standard InChI is InChI=1S/C22H20BrNO5S/c1-14-11-19(15(2)24(14)17-8-6-7-16(23)12-17)20(25)13-29-22(26)18-9-4-5-10-21(18)30(3,27)28/h4-12H,13H2,1-3H3. The zero-order valence-electron chi connectivity index (χ0n) is 16.7. The fourth-order valence-corrected chi connectivity index (χ4v) is 4.57. The van der Waals surface area contributed by atoms with Gasteiger partial charge in [-0.2, -0.15) is 0 Å². The van der Waals surface area contributed by atoms with Crippen molar-refractivity contribution in [3.05, 3.63) is 81.6 Å². The van der Waals surface area contributed by atoms with Crippen LogP contribution in [-0.2, 0) is 14.6 Å². The molecule has 0 saturated heterocycles. The van der Waals surface area contributed by atoms with E-state index in [1.807, 2.05) is 42.7 Å². The molecule has 0 unspecified atom stereocenters. The minimum absolute atomic E-state index is 0.0904. The maximum Gasteiger partial charge on any atom is 0.339 e. The van der Waals surface area contributed by atoms with Crippen molar-refractivity contribution < 1.29 is 22.7 Å². The predicted octanol–water partition coefficient (Wildman–Crippen LogP) is 4.30. The van der Waals surface area contributed by atoms with Crippen LogP contribution in [0.4, 0.5) is 0 Å². The van der Waals surface area contributed by atoms with Crippen LogP contribution in [0.3, 0.4) is 0 Å². The highest BCUT2D eigenvalue weighted by molar-refractivity contribution is 9.10. The molecule has 1 heterocycles. The lowest BCUT2D eigenvalue weighted by atomic mass is 10.1. The molecular weight excluding hydrogens is 470 g/mol. The first-order valence-electron chi connectivity index (χ1n) is 9.04. The third kappa shape index (κ3) is 4.55. The van der Waals surface area contributed by atoms with Crippen LogP contribution < -0.4 is 0 Å². The third-order valence-corrected chi connectivity index (χ3v) is 6.29. The maximum atomic E-state index is 12.7. The molecule has 1 aromatic heterocycles. The summed E-state index contributed by atoms with van der Waals surface area (Å²) >= 11 is 3.45. The quantitative estimate of drug-likeness (QED) is 0.380. The smallest absolute Gasteiger partial charge is 0.339 e. The van der Waals surface area contributed by atoms with E-state index in [0.717, 1.165) is 27.8 Å². The van der Waals surface area contributed by atoms with Crippen LogP contribution in [0.5, 0.6) is 0 Å². The van der Waals surface area contributed by atoms with Crippen LogP contribution in [0.15, 0.2) is 64.0 Å². The topological polar surface area (TPSA) is 82.4 Å². The fraction of sp³-hybridized carbons (Fsp3) is 0.182. The summed E-state index contributed by atoms with van der Waals surface area (Å²) in [6.45, 7) is 3.22. The van der Waals surface area contributed by atoms with Gasteiger partial charge in [0.2, 0.25) is 5.78 Å². The summed E-state index contributed by atoms with van der Waals surface area (Å²) in [6.07, 6.45) is 1.01. The third-order valence-electron chi connectivity index (χ3n) is 4.64. The highest BCUT2D eigenvalue weighted by Crippen LogP contribution is 2.24. The number of benzene rings is 2. The summed E-state index contributed by atoms with van der Waals surface area (Å²) in [5.41, 5.74) is 2.84. The van der Waals surface area contributed by atoms with Crippen LogP contribution >= 0.6 is 15.9 Å². The second-order valence-corrected chi connectivity index (χ2v) is 9.77. The number of hydrogen-bond donors (Lipinski definition) is 0. The van der Waals surface area contributed by atoms with Gasteiger partial charge in [-0.15, -0.1) is 0 Å². The second kappa shape index (κ2) is 8.57. The molecule has 0 spiro atoms. The largest absolute Gasteiger partial charge is 0.454 e. The molecule has 0 aliphatic heterocycles. The summed E-state index contributed by atoms with van der Waals surface area (Å²) in [7, 11) is -3.61. The molecule has 3 aromatic rings. The Balaban J connectivity index is 1.82. The molecule has 156 valence electrons. The maximum absolute atomic E-state index is 12.7. The zero-order valence-corrected chi connectivity index (χ0v) is 19.1. The number of nitrogens with zero attached hydrogens (tertiary/aromatic N) is 1. The van der Waals surface area contributed by atoms with Crippen molar-refractivity contribution in [2.24, 2.45) is 0 Å². The summed E-state index contributed by atoms with van der Waals surface area (Å²) < 4.78 is 31.8. The number of aromatic nitrogens is 1. The van der Waals surface area contributed by atoms with E-state index >= 15 is 0 Å². The molecule has 0 aliphatic rings. The molecule has 0 atom stereocenters. The van der Waals surface area contributed by atoms with E-state index in [1.165, 1.54) is 18.2 Å². The fourth-order valence-electron chi connectivity index (χ4n) is 3.30. The van der Waals surface area contributed by atoms with Crippen LogP contribution in [0.2, 0.25) is 0 Å². The number of ketones is 1. The summed E-state index contributed by atoms with van der Waals surface area (Å²) in [6, 6.07) is 15.2. The first-order chi connectivity index (χ1) is 14.1. The van der Waals surface area contributed by atoms with Gasteiger partial charge in [-0.1, -0.05) is 34.1 Å². The van der Waals surface area contributed by atoms with Gasteiger partial charge >= 0.3 is 5.97 Å². The molecular formula is C22H20BrNO5S. The Kier molecular flexibility index (Phi) is 6.28. The van der Waals surface area contributed by atoms with E-state index < -0.39 is 22.4 Å². The Bertz CT molecular complexity index is 1240. The Morgan fingerprint density at radius 2 is 1.70 bits per heavy atom. The Morgan fingerprint density at radius 3 is 2.37 bits per heavy atom. The number of rotatable bonds is 6. The van der Waals surface area contributed by atoms with Crippen molar-refractivity contribution >= 4 is 37.5 Å².